The van der Waals surface area contributed by atoms with Gasteiger partial charge in [0.05, 0.1) is 7.11 Å². The summed E-state index contributed by atoms with van der Waals surface area (Å²) in [5.74, 6) is 1.41. The maximum absolute atomic E-state index is 10.1. The van der Waals surface area contributed by atoms with E-state index >= 15 is 0 Å². The topological polar surface area (TPSA) is 46.5 Å². The van der Waals surface area contributed by atoms with Crippen LogP contribution in [0.5, 0.6) is 0 Å². The highest BCUT2D eigenvalue weighted by Crippen LogP contribution is 1.64. The summed E-state index contributed by atoms with van der Waals surface area (Å²) in [7, 11) is 0.725. The van der Waals surface area contributed by atoms with Gasteiger partial charge < -0.3 is 9.53 Å². The smallest absolute Gasteiger partial charge is 0.383 e. The average Bonchev–Trinajstić information content (AvgIpc) is 1.83. The van der Waals surface area contributed by atoms with Crippen LogP contribution < -0.4 is 0 Å². The Hall–Kier alpha value is -0.793. The Morgan fingerprint density at radius 3 is 2.88 bits per heavy atom. The Balaban J connectivity index is 3.52. The number of hydrogen-bond acceptors (Lipinski definition) is 3. The van der Waals surface area contributed by atoms with E-state index in [0.717, 1.165) is 0 Å². The van der Waals surface area contributed by atoms with Crippen molar-refractivity contribution in [3.63, 3.8) is 0 Å². The number of carbonyl (C=O) groups excluding carboxylic acids is 1. The first-order valence-electron chi connectivity index (χ1n) is 1.79. The van der Waals surface area contributed by atoms with Crippen molar-refractivity contribution in [3.8, 4) is 11.5 Å². The first-order valence-corrected chi connectivity index (χ1v) is 2.74. The van der Waals surface area contributed by atoms with Crippen molar-refractivity contribution in [1.29, 1.82) is 0 Å². The summed E-state index contributed by atoms with van der Waals surface area (Å²) in [5, 5.41) is 0. The number of methoxy groups -OCH3 is 1. The Kier molecular flexibility index (Phi) is 3.93. The fraction of sp³-hybridized carbons (Fsp3) is 0.250. The summed E-state index contributed by atoms with van der Waals surface area (Å²) in [5.41, 5.74) is 2.16. The van der Waals surface area contributed by atoms with Gasteiger partial charge in [-0.05, 0) is 0 Å². The maximum atomic E-state index is 10.1. The molecule has 0 amide bonds. The summed E-state index contributed by atoms with van der Waals surface area (Å²) in [4.78, 5) is 18.1. The largest absolute Gasteiger partial charge is 0.459 e. The van der Waals surface area contributed by atoms with E-state index < -0.39 is 15.7 Å². The Morgan fingerprint density at radius 1 is 1.88 bits per heavy atom. The number of rotatable bonds is 0. The minimum Gasteiger partial charge on any atom is -0.459 e. The van der Waals surface area contributed by atoms with Gasteiger partial charge in [-0.2, -0.15) is 0 Å². The molecule has 0 aromatic heterocycles. The van der Waals surface area contributed by atoms with E-state index in [1.165, 1.54) is 7.11 Å². The van der Waals surface area contributed by atoms with Gasteiger partial charge in [0.1, 0.15) is 0 Å². The fourth-order valence-corrected chi connectivity index (χ4v) is 0.288. The highest BCUT2D eigenvalue weighted by atomic mass is 28.2. The molecule has 0 unspecified atom stereocenters. The van der Waals surface area contributed by atoms with Gasteiger partial charge in [-0.3, -0.25) is 0 Å². The van der Waals surface area contributed by atoms with E-state index in [9.17, 15) is 4.79 Å². The molecule has 0 fully saturated rings. The van der Waals surface area contributed by atoms with Crippen molar-refractivity contribution in [1.82, 2.24) is 0 Å². The lowest BCUT2D eigenvalue weighted by atomic mass is 10.7. The molecule has 0 saturated heterocycles. The predicted molar refractivity (Wildman–Crippen MR) is 27.8 cm³/mol. The lowest BCUT2D eigenvalue weighted by molar-refractivity contribution is -0.133. The number of hydrogen-bond donors (Lipinski definition) is 1. The number of ether oxygens (including phenoxy) is 1. The second-order valence-electron chi connectivity index (χ2n) is 0.853. The van der Waals surface area contributed by atoms with E-state index in [4.69, 9.17) is 4.80 Å². The van der Waals surface area contributed by atoms with Crippen molar-refractivity contribution in [2.24, 2.45) is 0 Å². The fourth-order valence-electron chi connectivity index (χ4n) is 0.130. The SMILES string of the molecule is COC(=O)C#C[Si]O. The molecule has 3 nitrogen and oxygen atoms in total. The van der Waals surface area contributed by atoms with E-state index in [1.807, 2.05) is 5.92 Å². The number of carbonyl (C=O) groups is 1. The molecule has 0 bridgehead atoms. The second kappa shape index (κ2) is 4.37. The molecule has 0 atom stereocenters. The minimum atomic E-state index is -0.619. The van der Waals surface area contributed by atoms with E-state index in [1.54, 1.807) is 0 Å². The first kappa shape index (κ1) is 7.21. The molecule has 0 spiro atoms. The highest BCUT2D eigenvalue weighted by molar-refractivity contribution is 6.38. The average molecular weight is 128 g/mol. The normalized spacial score (nSPS) is 6.75. The van der Waals surface area contributed by atoms with E-state index in [0.29, 0.717) is 0 Å². The van der Waals surface area contributed by atoms with Crippen LogP contribution in [0.1, 0.15) is 0 Å². The van der Waals surface area contributed by atoms with Gasteiger partial charge in [-0.1, -0.05) is 5.54 Å². The zero-order valence-corrected chi connectivity index (χ0v) is 5.26. The summed E-state index contributed by atoms with van der Waals surface area (Å²) in [6.45, 7) is 0. The van der Waals surface area contributed by atoms with Crippen LogP contribution in [-0.2, 0) is 9.53 Å². The van der Waals surface area contributed by atoms with Crippen molar-refractivity contribution >= 4 is 15.7 Å². The van der Waals surface area contributed by atoms with Crippen LogP contribution in [0.15, 0.2) is 0 Å². The third-order valence-corrected chi connectivity index (χ3v) is 0.643. The molecule has 42 valence electrons. The summed E-state index contributed by atoms with van der Waals surface area (Å²) < 4.78 is 4.13. The summed E-state index contributed by atoms with van der Waals surface area (Å²) >= 11 is 0. The molecule has 0 aliphatic carbocycles. The third kappa shape index (κ3) is 3.40. The van der Waals surface area contributed by atoms with Gasteiger partial charge in [0, 0.05) is 5.92 Å². The first-order chi connectivity index (χ1) is 3.81. The quantitative estimate of drug-likeness (QED) is 0.251. The molecule has 2 radical (unpaired) electrons. The van der Waals surface area contributed by atoms with Crippen molar-refractivity contribution in [2.45, 2.75) is 0 Å². The molecule has 0 aromatic carbocycles. The van der Waals surface area contributed by atoms with Crippen LogP contribution in [0.4, 0.5) is 0 Å². The zero-order valence-electron chi connectivity index (χ0n) is 4.26. The van der Waals surface area contributed by atoms with Crippen LogP contribution in [0.25, 0.3) is 0 Å². The maximum Gasteiger partial charge on any atom is 0.383 e. The van der Waals surface area contributed by atoms with E-state index in [2.05, 4.69) is 10.3 Å². The van der Waals surface area contributed by atoms with Crippen LogP contribution in [0, 0.1) is 11.5 Å². The van der Waals surface area contributed by atoms with Gasteiger partial charge in [0.25, 0.3) is 0 Å². The second-order valence-corrected chi connectivity index (χ2v) is 1.33. The van der Waals surface area contributed by atoms with Gasteiger partial charge in [0.15, 0.2) is 0 Å². The highest BCUT2D eigenvalue weighted by Gasteiger charge is 1.86. The van der Waals surface area contributed by atoms with Crippen LogP contribution in [-0.4, -0.2) is 27.6 Å². The van der Waals surface area contributed by atoms with Crippen molar-refractivity contribution < 1.29 is 14.3 Å². The van der Waals surface area contributed by atoms with Crippen LogP contribution >= 0.6 is 0 Å². The molecule has 4 heteroatoms. The Labute approximate surface area is 49.6 Å². The zero-order chi connectivity index (χ0) is 6.41. The molecule has 0 aliphatic rings. The molecule has 8 heavy (non-hydrogen) atoms. The Morgan fingerprint density at radius 2 is 2.50 bits per heavy atom. The molecule has 0 aromatic rings. The summed E-state index contributed by atoms with van der Waals surface area (Å²) in [6, 6.07) is 0. The molecule has 0 heterocycles. The number of esters is 1. The van der Waals surface area contributed by atoms with Crippen LogP contribution in [0.3, 0.4) is 0 Å². The van der Waals surface area contributed by atoms with E-state index in [-0.39, 0.29) is 0 Å². The van der Waals surface area contributed by atoms with Gasteiger partial charge >= 0.3 is 15.7 Å². The van der Waals surface area contributed by atoms with Crippen LogP contribution in [0.2, 0.25) is 0 Å². The molecule has 0 saturated carbocycles. The van der Waals surface area contributed by atoms with Crippen molar-refractivity contribution in [2.75, 3.05) is 7.11 Å². The predicted octanol–water partition coefficient (Wildman–Crippen LogP) is -1.27. The van der Waals surface area contributed by atoms with Crippen molar-refractivity contribution in [3.05, 3.63) is 0 Å². The molecule has 0 aliphatic heterocycles. The van der Waals surface area contributed by atoms with Gasteiger partial charge in [0.2, 0.25) is 0 Å². The molecule has 0 rings (SSSR count). The molecular weight excluding hydrogens is 124 g/mol. The minimum absolute atomic E-state index is 0.508. The van der Waals surface area contributed by atoms with Gasteiger partial charge in [-0.15, -0.1) is 0 Å². The monoisotopic (exact) mass is 128 g/mol. The third-order valence-electron chi connectivity index (χ3n) is 0.406. The lowest BCUT2D eigenvalue weighted by Crippen LogP contribution is -1.95. The molecular formula is C4H4O3Si. The molecule has 1 N–H and O–H groups in total. The lowest BCUT2D eigenvalue weighted by Gasteiger charge is -1.81. The standard InChI is InChI=1S/C4H4O3Si/c1-7-4(5)2-3-8-6/h6H,1H3. The van der Waals surface area contributed by atoms with Gasteiger partial charge in [-0.25, -0.2) is 4.79 Å². The Bertz CT molecular complexity index is 132. The summed E-state index contributed by atoms with van der Waals surface area (Å²) in [6.07, 6.45) is 0.